The van der Waals surface area contributed by atoms with E-state index in [1.165, 1.54) is 6.08 Å². The Hall–Kier alpha value is -1.45. The van der Waals surface area contributed by atoms with Gasteiger partial charge in [-0.25, -0.2) is 0 Å². The lowest BCUT2D eigenvalue weighted by Gasteiger charge is -2.41. The molecule has 2 atom stereocenters. The standard InChI is InChI=1S/C14H18O4/c1-3-18-13(17)14-6-4-10(15)8-11(14)9(2)12(16)5-7-14/h8-9H,3-7H2,1-2H3/t9-,14?/m1/s1. The lowest BCUT2D eigenvalue weighted by Crippen LogP contribution is -2.45. The number of carbonyl (C=O) groups excluding carboxylic acids is 3. The fourth-order valence-corrected chi connectivity index (χ4v) is 2.99. The molecule has 0 aromatic heterocycles. The Morgan fingerprint density at radius 1 is 1.39 bits per heavy atom. The Labute approximate surface area is 106 Å². The Kier molecular flexibility index (Phi) is 3.37. The summed E-state index contributed by atoms with van der Waals surface area (Å²) in [5, 5.41) is 0. The zero-order valence-electron chi connectivity index (χ0n) is 10.8. The second-order valence-electron chi connectivity index (χ2n) is 5.06. The smallest absolute Gasteiger partial charge is 0.316 e. The molecular formula is C14H18O4. The maximum absolute atomic E-state index is 12.2. The highest BCUT2D eigenvalue weighted by Crippen LogP contribution is 2.49. The molecule has 0 N–H and O–H groups in total. The van der Waals surface area contributed by atoms with Crippen molar-refractivity contribution in [3.8, 4) is 0 Å². The van der Waals surface area contributed by atoms with Gasteiger partial charge in [-0.1, -0.05) is 6.92 Å². The van der Waals surface area contributed by atoms with Crippen molar-refractivity contribution in [2.45, 2.75) is 39.5 Å². The molecule has 0 aliphatic heterocycles. The molecule has 0 heterocycles. The monoisotopic (exact) mass is 250 g/mol. The molecule has 1 unspecified atom stereocenters. The summed E-state index contributed by atoms with van der Waals surface area (Å²) in [5.41, 5.74) is -0.0505. The van der Waals surface area contributed by atoms with Gasteiger partial charge in [0.1, 0.15) is 5.78 Å². The largest absolute Gasteiger partial charge is 0.465 e. The minimum absolute atomic E-state index is 0.00599. The first kappa shape index (κ1) is 13.0. The molecule has 2 rings (SSSR count). The predicted octanol–water partition coefficient (Wildman–Crippen LogP) is 1.82. The van der Waals surface area contributed by atoms with Crippen LogP contribution in [-0.2, 0) is 19.1 Å². The van der Waals surface area contributed by atoms with Gasteiger partial charge in [-0.05, 0) is 31.4 Å². The van der Waals surface area contributed by atoms with Crippen LogP contribution >= 0.6 is 0 Å². The molecule has 4 heteroatoms. The molecule has 2 aliphatic carbocycles. The number of fused-ring (bicyclic) bond motifs is 1. The number of rotatable bonds is 2. The first-order valence-electron chi connectivity index (χ1n) is 6.46. The number of ketones is 2. The Bertz CT molecular complexity index is 435. The lowest BCUT2D eigenvalue weighted by atomic mass is 9.61. The van der Waals surface area contributed by atoms with Crippen molar-refractivity contribution in [3.05, 3.63) is 11.6 Å². The van der Waals surface area contributed by atoms with Gasteiger partial charge in [0.25, 0.3) is 0 Å². The first-order chi connectivity index (χ1) is 8.51. The molecule has 0 saturated heterocycles. The van der Waals surface area contributed by atoms with Gasteiger partial charge in [0.05, 0.1) is 12.0 Å². The minimum Gasteiger partial charge on any atom is -0.465 e. The zero-order chi connectivity index (χ0) is 13.3. The third-order valence-electron chi connectivity index (χ3n) is 4.08. The minimum atomic E-state index is -0.725. The maximum atomic E-state index is 12.2. The van der Waals surface area contributed by atoms with Crippen molar-refractivity contribution in [3.63, 3.8) is 0 Å². The van der Waals surface area contributed by atoms with Gasteiger partial charge in [-0.15, -0.1) is 0 Å². The van der Waals surface area contributed by atoms with E-state index in [4.69, 9.17) is 4.74 Å². The van der Waals surface area contributed by atoms with Gasteiger partial charge >= 0.3 is 5.97 Å². The normalized spacial score (nSPS) is 31.7. The third-order valence-corrected chi connectivity index (χ3v) is 4.08. The van der Waals surface area contributed by atoms with E-state index in [0.29, 0.717) is 37.9 Å². The molecule has 0 amide bonds. The van der Waals surface area contributed by atoms with E-state index in [1.807, 2.05) is 0 Å². The molecule has 18 heavy (non-hydrogen) atoms. The van der Waals surface area contributed by atoms with Crippen LogP contribution in [0.3, 0.4) is 0 Å². The number of hydrogen-bond acceptors (Lipinski definition) is 4. The highest BCUT2D eigenvalue weighted by Gasteiger charge is 2.51. The summed E-state index contributed by atoms with van der Waals surface area (Å²) in [4.78, 5) is 35.6. The zero-order valence-corrected chi connectivity index (χ0v) is 10.8. The SMILES string of the molecule is CCOC(=O)C12CCC(=O)C=C1[C@@H](C)C(=O)CC2. The number of carbonyl (C=O) groups is 3. The average Bonchev–Trinajstić information content (AvgIpc) is 2.35. The van der Waals surface area contributed by atoms with Gasteiger partial charge in [-0.2, -0.15) is 0 Å². The molecule has 0 aromatic rings. The molecule has 1 saturated carbocycles. The molecule has 0 bridgehead atoms. The van der Waals surface area contributed by atoms with E-state index in [9.17, 15) is 14.4 Å². The summed E-state index contributed by atoms with van der Waals surface area (Å²) in [7, 11) is 0. The Balaban J connectivity index is 2.43. The summed E-state index contributed by atoms with van der Waals surface area (Å²) in [6.45, 7) is 3.87. The van der Waals surface area contributed by atoms with Crippen molar-refractivity contribution in [2.24, 2.45) is 11.3 Å². The van der Waals surface area contributed by atoms with E-state index in [0.717, 1.165) is 0 Å². The van der Waals surface area contributed by atoms with Crippen LogP contribution in [0.5, 0.6) is 0 Å². The molecule has 1 fully saturated rings. The van der Waals surface area contributed by atoms with Gasteiger partial charge in [0, 0.05) is 18.8 Å². The topological polar surface area (TPSA) is 60.4 Å². The number of allylic oxidation sites excluding steroid dienone is 1. The number of Topliss-reactive ketones (excluding diaryl/α,β-unsaturated/α-hetero) is 1. The van der Waals surface area contributed by atoms with Crippen LogP contribution in [0.25, 0.3) is 0 Å². The second-order valence-corrected chi connectivity index (χ2v) is 5.06. The van der Waals surface area contributed by atoms with Crippen LogP contribution in [0.15, 0.2) is 11.6 Å². The number of esters is 1. The summed E-state index contributed by atoms with van der Waals surface area (Å²) in [5.74, 6) is -0.502. The third kappa shape index (κ3) is 1.89. The van der Waals surface area contributed by atoms with Crippen LogP contribution in [0.1, 0.15) is 39.5 Å². The van der Waals surface area contributed by atoms with E-state index < -0.39 is 5.41 Å². The summed E-state index contributed by atoms with van der Waals surface area (Å²) < 4.78 is 5.16. The van der Waals surface area contributed by atoms with Crippen LogP contribution in [0, 0.1) is 11.3 Å². The van der Waals surface area contributed by atoms with Gasteiger partial charge in [0.2, 0.25) is 0 Å². The summed E-state index contributed by atoms with van der Waals surface area (Å²) in [6, 6.07) is 0. The van der Waals surface area contributed by atoms with E-state index in [1.54, 1.807) is 13.8 Å². The highest BCUT2D eigenvalue weighted by molar-refractivity contribution is 5.99. The van der Waals surface area contributed by atoms with Gasteiger partial charge in [-0.3, -0.25) is 14.4 Å². The highest BCUT2D eigenvalue weighted by atomic mass is 16.5. The quantitative estimate of drug-likeness (QED) is 0.701. The van der Waals surface area contributed by atoms with Crippen LogP contribution in [0.2, 0.25) is 0 Å². The van der Waals surface area contributed by atoms with Crippen molar-refractivity contribution in [1.29, 1.82) is 0 Å². The fourth-order valence-electron chi connectivity index (χ4n) is 2.99. The van der Waals surface area contributed by atoms with Crippen LogP contribution in [0.4, 0.5) is 0 Å². The summed E-state index contributed by atoms with van der Waals surface area (Å²) in [6.07, 6.45) is 3.22. The van der Waals surface area contributed by atoms with Gasteiger partial charge < -0.3 is 4.74 Å². The molecule has 2 aliphatic rings. The van der Waals surface area contributed by atoms with Crippen molar-refractivity contribution in [2.75, 3.05) is 6.61 Å². The molecule has 4 nitrogen and oxygen atoms in total. The molecule has 98 valence electrons. The first-order valence-corrected chi connectivity index (χ1v) is 6.46. The second kappa shape index (κ2) is 4.67. The summed E-state index contributed by atoms with van der Waals surface area (Å²) >= 11 is 0. The van der Waals surface area contributed by atoms with E-state index >= 15 is 0 Å². The average molecular weight is 250 g/mol. The number of hydrogen-bond donors (Lipinski definition) is 0. The number of ether oxygens (including phenoxy) is 1. The molecule has 0 radical (unpaired) electrons. The molecule has 0 spiro atoms. The van der Waals surface area contributed by atoms with E-state index in [-0.39, 0.29) is 23.5 Å². The van der Waals surface area contributed by atoms with Gasteiger partial charge in [0.15, 0.2) is 5.78 Å². The van der Waals surface area contributed by atoms with Crippen LogP contribution < -0.4 is 0 Å². The lowest BCUT2D eigenvalue weighted by molar-refractivity contribution is -0.156. The molecule has 0 aromatic carbocycles. The Morgan fingerprint density at radius 3 is 2.72 bits per heavy atom. The van der Waals surface area contributed by atoms with E-state index in [2.05, 4.69) is 0 Å². The Morgan fingerprint density at radius 2 is 2.06 bits per heavy atom. The predicted molar refractivity (Wildman–Crippen MR) is 64.8 cm³/mol. The maximum Gasteiger partial charge on any atom is 0.316 e. The van der Waals surface area contributed by atoms with Crippen molar-refractivity contribution >= 4 is 17.5 Å². The fraction of sp³-hybridized carbons (Fsp3) is 0.643. The van der Waals surface area contributed by atoms with Crippen molar-refractivity contribution < 1.29 is 19.1 Å². The van der Waals surface area contributed by atoms with Crippen LogP contribution in [-0.4, -0.2) is 24.1 Å². The molecular weight excluding hydrogens is 232 g/mol. The van der Waals surface area contributed by atoms with Crippen molar-refractivity contribution in [1.82, 2.24) is 0 Å².